The highest BCUT2D eigenvalue weighted by atomic mass is 15.0. The minimum atomic E-state index is 0.258. The second-order valence-electron chi connectivity index (χ2n) is 6.71. The fourth-order valence-electron chi connectivity index (χ4n) is 2.68. The van der Waals surface area contributed by atoms with Gasteiger partial charge in [0, 0.05) is 5.54 Å². The standard InChI is InChI=1S/C16H25N/c1-15(2,3)14-8-6-13(7-9-14)12-16(4)10-5-11-17-16/h6-9,17H,5,10-12H2,1-4H3. The lowest BCUT2D eigenvalue weighted by Crippen LogP contribution is -2.38. The molecule has 0 amide bonds. The van der Waals surface area contributed by atoms with Crippen LogP contribution in [0, 0.1) is 0 Å². The van der Waals surface area contributed by atoms with Crippen LogP contribution in [-0.4, -0.2) is 12.1 Å². The topological polar surface area (TPSA) is 12.0 Å². The first-order valence-electron chi connectivity index (χ1n) is 6.74. The maximum absolute atomic E-state index is 3.63. The molecule has 0 aliphatic carbocycles. The summed E-state index contributed by atoms with van der Waals surface area (Å²) in [6, 6.07) is 9.17. The highest BCUT2D eigenvalue weighted by Crippen LogP contribution is 2.26. The molecule has 0 saturated carbocycles. The molecule has 1 fully saturated rings. The van der Waals surface area contributed by atoms with Crippen LogP contribution in [0.3, 0.4) is 0 Å². The van der Waals surface area contributed by atoms with E-state index in [0.717, 1.165) is 6.42 Å². The molecule has 1 heteroatoms. The molecule has 1 aliphatic rings. The van der Waals surface area contributed by atoms with E-state index >= 15 is 0 Å². The molecule has 1 saturated heterocycles. The van der Waals surface area contributed by atoms with E-state index < -0.39 is 0 Å². The van der Waals surface area contributed by atoms with E-state index in [4.69, 9.17) is 0 Å². The molecule has 2 rings (SSSR count). The summed E-state index contributed by atoms with van der Waals surface area (Å²) in [6.45, 7) is 10.3. The second-order valence-corrected chi connectivity index (χ2v) is 6.71. The lowest BCUT2D eigenvalue weighted by atomic mass is 9.85. The first kappa shape index (κ1) is 12.6. The predicted octanol–water partition coefficient (Wildman–Crippen LogP) is 3.67. The lowest BCUT2D eigenvalue weighted by molar-refractivity contribution is 0.412. The van der Waals surface area contributed by atoms with E-state index in [2.05, 4.69) is 57.3 Å². The monoisotopic (exact) mass is 231 g/mol. The van der Waals surface area contributed by atoms with Gasteiger partial charge >= 0.3 is 0 Å². The van der Waals surface area contributed by atoms with Crippen LogP contribution in [0.25, 0.3) is 0 Å². The van der Waals surface area contributed by atoms with Gasteiger partial charge in [-0.05, 0) is 49.3 Å². The summed E-state index contributed by atoms with van der Waals surface area (Å²) in [6.07, 6.45) is 3.77. The van der Waals surface area contributed by atoms with Crippen LogP contribution in [0.4, 0.5) is 0 Å². The maximum Gasteiger partial charge on any atom is 0.0194 e. The van der Waals surface area contributed by atoms with Crippen molar-refractivity contribution in [2.75, 3.05) is 6.54 Å². The molecule has 17 heavy (non-hydrogen) atoms. The van der Waals surface area contributed by atoms with E-state index in [1.807, 2.05) is 0 Å². The van der Waals surface area contributed by atoms with Crippen LogP contribution in [0.1, 0.15) is 51.7 Å². The molecule has 1 N–H and O–H groups in total. The minimum Gasteiger partial charge on any atom is -0.311 e. The third-order valence-electron chi connectivity index (χ3n) is 3.87. The molecule has 0 bridgehead atoms. The molecular formula is C16H25N. The van der Waals surface area contributed by atoms with Gasteiger partial charge in [0.15, 0.2) is 0 Å². The molecule has 1 atom stereocenters. The smallest absolute Gasteiger partial charge is 0.0194 e. The average Bonchev–Trinajstić information content (AvgIpc) is 2.64. The van der Waals surface area contributed by atoms with Crippen LogP contribution in [0.5, 0.6) is 0 Å². The summed E-state index contributed by atoms with van der Waals surface area (Å²) in [7, 11) is 0. The minimum absolute atomic E-state index is 0.258. The van der Waals surface area contributed by atoms with Gasteiger partial charge < -0.3 is 5.32 Å². The number of hydrogen-bond acceptors (Lipinski definition) is 1. The summed E-state index contributed by atoms with van der Waals surface area (Å²) in [5.41, 5.74) is 3.46. The Labute approximate surface area is 106 Å². The molecule has 0 spiro atoms. The van der Waals surface area contributed by atoms with Crippen molar-refractivity contribution in [3.63, 3.8) is 0 Å². The number of rotatable bonds is 2. The van der Waals surface area contributed by atoms with Crippen molar-refractivity contribution in [2.24, 2.45) is 0 Å². The van der Waals surface area contributed by atoms with Gasteiger partial charge in [-0.2, -0.15) is 0 Å². The van der Waals surface area contributed by atoms with Gasteiger partial charge in [-0.15, -0.1) is 0 Å². The molecule has 1 heterocycles. The quantitative estimate of drug-likeness (QED) is 0.819. The Morgan fingerprint density at radius 3 is 2.29 bits per heavy atom. The van der Waals surface area contributed by atoms with Gasteiger partial charge in [-0.25, -0.2) is 0 Å². The summed E-state index contributed by atoms with van der Waals surface area (Å²) >= 11 is 0. The van der Waals surface area contributed by atoms with Crippen molar-refractivity contribution >= 4 is 0 Å². The zero-order valence-corrected chi connectivity index (χ0v) is 11.6. The summed E-state index contributed by atoms with van der Waals surface area (Å²) in [4.78, 5) is 0. The molecule has 1 aromatic rings. The Hall–Kier alpha value is -0.820. The van der Waals surface area contributed by atoms with E-state index in [9.17, 15) is 0 Å². The molecule has 1 unspecified atom stereocenters. The van der Waals surface area contributed by atoms with Crippen molar-refractivity contribution in [1.29, 1.82) is 0 Å². The van der Waals surface area contributed by atoms with Gasteiger partial charge in [0.05, 0.1) is 0 Å². The van der Waals surface area contributed by atoms with Gasteiger partial charge in [-0.1, -0.05) is 45.0 Å². The Balaban J connectivity index is 2.08. The van der Waals surface area contributed by atoms with Gasteiger partial charge in [-0.3, -0.25) is 0 Å². The summed E-state index contributed by atoms with van der Waals surface area (Å²) < 4.78 is 0. The second kappa shape index (κ2) is 4.45. The van der Waals surface area contributed by atoms with Crippen molar-refractivity contribution in [3.05, 3.63) is 35.4 Å². The fraction of sp³-hybridized carbons (Fsp3) is 0.625. The Bertz CT molecular complexity index is 364. The van der Waals surface area contributed by atoms with Crippen LogP contribution < -0.4 is 5.32 Å². The van der Waals surface area contributed by atoms with Crippen LogP contribution in [0.15, 0.2) is 24.3 Å². The normalized spacial score (nSPS) is 25.2. The molecule has 0 aromatic heterocycles. The predicted molar refractivity (Wildman–Crippen MR) is 74.5 cm³/mol. The van der Waals surface area contributed by atoms with E-state index in [-0.39, 0.29) is 5.41 Å². The third kappa shape index (κ3) is 3.10. The molecule has 0 radical (unpaired) electrons. The van der Waals surface area contributed by atoms with Crippen LogP contribution >= 0.6 is 0 Å². The highest BCUT2D eigenvalue weighted by Gasteiger charge is 2.27. The highest BCUT2D eigenvalue weighted by molar-refractivity contribution is 5.28. The zero-order chi connectivity index (χ0) is 12.5. The van der Waals surface area contributed by atoms with Gasteiger partial charge in [0.25, 0.3) is 0 Å². The van der Waals surface area contributed by atoms with Crippen molar-refractivity contribution in [3.8, 4) is 0 Å². The van der Waals surface area contributed by atoms with Crippen molar-refractivity contribution < 1.29 is 0 Å². The Morgan fingerprint density at radius 2 is 1.82 bits per heavy atom. The van der Waals surface area contributed by atoms with Gasteiger partial charge in [0.2, 0.25) is 0 Å². The summed E-state index contributed by atoms with van der Waals surface area (Å²) in [5, 5.41) is 3.63. The van der Waals surface area contributed by atoms with Crippen molar-refractivity contribution in [2.45, 2.75) is 57.9 Å². The largest absolute Gasteiger partial charge is 0.311 e. The van der Waals surface area contributed by atoms with E-state index in [1.54, 1.807) is 0 Å². The molecule has 1 nitrogen and oxygen atoms in total. The molecular weight excluding hydrogens is 206 g/mol. The Kier molecular flexibility index (Phi) is 3.31. The van der Waals surface area contributed by atoms with E-state index in [1.165, 1.54) is 30.5 Å². The van der Waals surface area contributed by atoms with Crippen LogP contribution in [0.2, 0.25) is 0 Å². The lowest BCUT2D eigenvalue weighted by Gasteiger charge is -2.25. The first-order valence-corrected chi connectivity index (χ1v) is 6.74. The number of hydrogen-bond donors (Lipinski definition) is 1. The molecule has 94 valence electrons. The van der Waals surface area contributed by atoms with Crippen molar-refractivity contribution in [1.82, 2.24) is 5.32 Å². The van der Waals surface area contributed by atoms with Crippen LogP contribution in [-0.2, 0) is 11.8 Å². The fourth-order valence-corrected chi connectivity index (χ4v) is 2.68. The third-order valence-corrected chi connectivity index (χ3v) is 3.87. The number of nitrogens with one attached hydrogen (secondary N) is 1. The zero-order valence-electron chi connectivity index (χ0n) is 11.6. The Morgan fingerprint density at radius 1 is 1.18 bits per heavy atom. The SMILES string of the molecule is CC1(Cc2ccc(C(C)(C)C)cc2)CCCN1. The first-order chi connectivity index (χ1) is 7.89. The van der Waals surface area contributed by atoms with Gasteiger partial charge in [0.1, 0.15) is 0 Å². The molecule has 1 aliphatic heterocycles. The maximum atomic E-state index is 3.63. The average molecular weight is 231 g/mol. The summed E-state index contributed by atoms with van der Waals surface area (Å²) in [5.74, 6) is 0. The number of benzene rings is 1. The molecule has 1 aromatic carbocycles. The van der Waals surface area contributed by atoms with E-state index in [0.29, 0.717) is 5.54 Å².